The third-order valence-electron chi connectivity index (χ3n) is 4.59. The zero-order valence-electron chi connectivity index (χ0n) is 14.9. The minimum Gasteiger partial charge on any atom is -0.348 e. The number of halogens is 1. The van der Waals surface area contributed by atoms with Crippen LogP contribution in [0.4, 0.5) is 10.1 Å². The van der Waals surface area contributed by atoms with Gasteiger partial charge in [0.2, 0.25) is 0 Å². The van der Waals surface area contributed by atoms with E-state index in [-0.39, 0.29) is 16.8 Å². The van der Waals surface area contributed by atoms with Crippen molar-refractivity contribution in [2.24, 2.45) is 11.7 Å². The predicted molar refractivity (Wildman–Crippen MR) is 101 cm³/mol. The van der Waals surface area contributed by atoms with Crippen LogP contribution in [-0.4, -0.2) is 26.9 Å². The molecule has 0 aromatic heterocycles. The van der Waals surface area contributed by atoms with Gasteiger partial charge in [-0.15, -0.1) is 0 Å². The third kappa shape index (κ3) is 4.64. The molecule has 1 aliphatic carbocycles. The van der Waals surface area contributed by atoms with Crippen LogP contribution in [0.3, 0.4) is 0 Å². The third-order valence-corrected chi connectivity index (χ3v) is 6.13. The van der Waals surface area contributed by atoms with Crippen LogP contribution < -0.4 is 15.8 Å². The molecule has 144 valence electrons. The quantitative estimate of drug-likeness (QED) is 0.675. The van der Waals surface area contributed by atoms with Gasteiger partial charge in [-0.05, 0) is 73.7 Å². The summed E-state index contributed by atoms with van der Waals surface area (Å²) in [5, 5.41) is 2.91. The molecule has 1 fully saturated rings. The van der Waals surface area contributed by atoms with E-state index in [0.29, 0.717) is 29.3 Å². The Bertz CT molecular complexity index is 941. The Labute approximate surface area is 158 Å². The number of benzene rings is 2. The highest BCUT2D eigenvalue weighted by Gasteiger charge is 2.31. The Hall–Kier alpha value is -2.45. The summed E-state index contributed by atoms with van der Waals surface area (Å²) in [6.45, 7) is 1.92. The topological polar surface area (TPSA) is 101 Å². The first-order valence-electron chi connectivity index (χ1n) is 8.70. The number of hydrogen-bond donors (Lipinski definition) is 3. The number of anilines is 1. The smallest absolute Gasteiger partial charge is 0.262 e. The van der Waals surface area contributed by atoms with E-state index in [4.69, 9.17) is 5.73 Å². The van der Waals surface area contributed by atoms with Crippen molar-refractivity contribution < 1.29 is 17.6 Å². The summed E-state index contributed by atoms with van der Waals surface area (Å²) in [5.41, 5.74) is 6.75. The molecule has 1 amide bonds. The molecule has 0 saturated heterocycles. The molecule has 2 aromatic carbocycles. The molecule has 3 rings (SSSR count). The average molecular weight is 391 g/mol. The van der Waals surface area contributed by atoms with Gasteiger partial charge in [0.25, 0.3) is 15.9 Å². The maximum atomic E-state index is 13.2. The van der Waals surface area contributed by atoms with Crippen LogP contribution in [0.25, 0.3) is 0 Å². The van der Waals surface area contributed by atoms with Crippen molar-refractivity contribution in [2.75, 3.05) is 11.3 Å². The van der Waals surface area contributed by atoms with E-state index >= 15 is 0 Å². The van der Waals surface area contributed by atoms with Gasteiger partial charge in [-0.25, -0.2) is 12.8 Å². The molecule has 0 heterocycles. The lowest BCUT2D eigenvalue weighted by atomic mass is 10.1. The summed E-state index contributed by atoms with van der Waals surface area (Å²) < 4.78 is 40.6. The number of rotatable bonds is 7. The first kappa shape index (κ1) is 19.3. The highest BCUT2D eigenvalue weighted by atomic mass is 32.2. The molecular formula is C19H22FN3O3S. The molecule has 27 heavy (non-hydrogen) atoms. The van der Waals surface area contributed by atoms with Crippen LogP contribution in [0.1, 0.15) is 28.8 Å². The molecule has 1 saturated carbocycles. The monoisotopic (exact) mass is 391 g/mol. The second-order valence-corrected chi connectivity index (χ2v) is 8.40. The van der Waals surface area contributed by atoms with Crippen molar-refractivity contribution >= 4 is 21.6 Å². The summed E-state index contributed by atoms with van der Waals surface area (Å²) in [4.78, 5) is 12.3. The lowest BCUT2D eigenvalue weighted by molar-refractivity contribution is 0.0933. The lowest BCUT2D eigenvalue weighted by Gasteiger charge is -2.16. The Morgan fingerprint density at radius 1 is 1.22 bits per heavy atom. The molecule has 8 heteroatoms. The molecular weight excluding hydrogens is 369 g/mol. The zero-order chi connectivity index (χ0) is 19.6. The predicted octanol–water partition coefficient (Wildman–Crippen LogP) is 2.40. The first-order chi connectivity index (χ1) is 12.8. The van der Waals surface area contributed by atoms with Crippen molar-refractivity contribution in [3.63, 3.8) is 0 Å². The summed E-state index contributed by atoms with van der Waals surface area (Å²) in [6.07, 6.45) is 2.15. The molecule has 1 aliphatic rings. The zero-order valence-corrected chi connectivity index (χ0v) is 15.7. The Kier molecular flexibility index (Phi) is 5.48. The van der Waals surface area contributed by atoms with Gasteiger partial charge in [0.05, 0.1) is 4.90 Å². The summed E-state index contributed by atoms with van der Waals surface area (Å²) in [7, 11) is -3.85. The van der Waals surface area contributed by atoms with Crippen LogP contribution in [-0.2, 0) is 10.0 Å². The van der Waals surface area contributed by atoms with E-state index in [1.807, 2.05) is 0 Å². The molecule has 0 aliphatic heterocycles. The van der Waals surface area contributed by atoms with Gasteiger partial charge in [0, 0.05) is 23.8 Å². The van der Waals surface area contributed by atoms with E-state index in [9.17, 15) is 17.6 Å². The number of amides is 1. The van der Waals surface area contributed by atoms with E-state index in [2.05, 4.69) is 10.0 Å². The number of hydrogen-bond acceptors (Lipinski definition) is 4. The maximum absolute atomic E-state index is 13.2. The Morgan fingerprint density at radius 3 is 2.44 bits per heavy atom. The van der Waals surface area contributed by atoms with Crippen LogP contribution in [0, 0.1) is 18.7 Å². The fraction of sp³-hybridized carbons (Fsp3) is 0.316. The SMILES string of the molecule is Cc1cc(F)ccc1S(=O)(=O)Nc1ccc(C(=O)NC(CN)C2CC2)cc1. The fourth-order valence-corrected chi connectivity index (χ4v) is 4.22. The van der Waals surface area contributed by atoms with Crippen LogP contribution >= 0.6 is 0 Å². The van der Waals surface area contributed by atoms with Crippen molar-refractivity contribution in [1.29, 1.82) is 0 Å². The van der Waals surface area contributed by atoms with Gasteiger partial charge in [-0.2, -0.15) is 0 Å². The number of sulfonamides is 1. The molecule has 6 nitrogen and oxygen atoms in total. The van der Waals surface area contributed by atoms with Gasteiger partial charge in [-0.1, -0.05) is 0 Å². The lowest BCUT2D eigenvalue weighted by Crippen LogP contribution is -2.41. The van der Waals surface area contributed by atoms with Crippen LogP contribution in [0.15, 0.2) is 47.4 Å². The first-order valence-corrected chi connectivity index (χ1v) is 10.2. The van der Waals surface area contributed by atoms with E-state index in [1.165, 1.54) is 25.1 Å². The number of nitrogens with one attached hydrogen (secondary N) is 2. The van der Waals surface area contributed by atoms with Gasteiger partial charge < -0.3 is 11.1 Å². The maximum Gasteiger partial charge on any atom is 0.262 e. The normalized spacial score (nSPS) is 15.2. The molecule has 4 N–H and O–H groups in total. The van der Waals surface area contributed by atoms with E-state index < -0.39 is 15.8 Å². The summed E-state index contributed by atoms with van der Waals surface area (Å²) in [6, 6.07) is 9.57. The second-order valence-electron chi connectivity index (χ2n) is 6.75. The Morgan fingerprint density at radius 2 is 1.89 bits per heavy atom. The van der Waals surface area contributed by atoms with E-state index in [1.54, 1.807) is 12.1 Å². The van der Waals surface area contributed by atoms with Gasteiger partial charge in [0.15, 0.2) is 0 Å². The number of aryl methyl sites for hydroxylation is 1. The number of carbonyl (C=O) groups excluding carboxylic acids is 1. The van der Waals surface area contributed by atoms with Gasteiger partial charge >= 0.3 is 0 Å². The molecule has 0 bridgehead atoms. The standard InChI is InChI=1S/C19H22FN3O3S/c1-12-10-15(20)6-9-18(12)27(25,26)23-16-7-4-14(5-8-16)19(24)22-17(11-21)13-2-3-13/h4-10,13,17,23H,2-3,11,21H2,1H3,(H,22,24). The highest BCUT2D eigenvalue weighted by molar-refractivity contribution is 7.92. The van der Waals surface area contributed by atoms with Crippen LogP contribution in [0.5, 0.6) is 0 Å². The van der Waals surface area contributed by atoms with Crippen molar-refractivity contribution in [3.8, 4) is 0 Å². The number of carbonyl (C=O) groups is 1. The molecule has 2 aromatic rings. The van der Waals surface area contributed by atoms with Crippen molar-refractivity contribution in [3.05, 3.63) is 59.4 Å². The Balaban J connectivity index is 1.70. The van der Waals surface area contributed by atoms with Crippen molar-refractivity contribution in [2.45, 2.75) is 30.7 Å². The fourth-order valence-electron chi connectivity index (χ4n) is 2.93. The summed E-state index contributed by atoms with van der Waals surface area (Å²) in [5.74, 6) is -0.283. The average Bonchev–Trinajstić information content (AvgIpc) is 3.44. The molecule has 1 unspecified atom stereocenters. The van der Waals surface area contributed by atoms with Crippen LogP contribution in [0.2, 0.25) is 0 Å². The summed E-state index contributed by atoms with van der Waals surface area (Å²) >= 11 is 0. The molecule has 0 spiro atoms. The minimum atomic E-state index is -3.85. The van der Waals surface area contributed by atoms with E-state index in [0.717, 1.165) is 25.0 Å². The minimum absolute atomic E-state index is 0.000871. The van der Waals surface area contributed by atoms with Crippen molar-refractivity contribution in [1.82, 2.24) is 5.32 Å². The number of nitrogens with two attached hydrogens (primary N) is 1. The largest absolute Gasteiger partial charge is 0.348 e. The molecule has 1 atom stereocenters. The van der Waals surface area contributed by atoms with Gasteiger partial charge in [-0.3, -0.25) is 9.52 Å². The van der Waals surface area contributed by atoms with Gasteiger partial charge in [0.1, 0.15) is 5.82 Å². The second kappa shape index (κ2) is 7.66. The molecule has 0 radical (unpaired) electrons. The highest BCUT2D eigenvalue weighted by Crippen LogP contribution is 2.32.